The van der Waals surface area contributed by atoms with E-state index < -0.39 is 5.97 Å². The molecule has 0 saturated heterocycles. The Morgan fingerprint density at radius 3 is 2.40 bits per heavy atom. The number of rotatable bonds is 4. The molecule has 1 aromatic rings. The van der Waals surface area contributed by atoms with E-state index in [9.17, 15) is 9.90 Å². The van der Waals surface area contributed by atoms with Gasteiger partial charge in [0, 0.05) is 4.88 Å². The highest BCUT2D eigenvalue weighted by molar-refractivity contribution is 7.14. The quantitative estimate of drug-likeness (QED) is 0.870. The van der Waals surface area contributed by atoms with E-state index in [0.717, 1.165) is 17.7 Å². The van der Waals surface area contributed by atoms with Crippen molar-refractivity contribution in [2.45, 2.75) is 59.0 Å². The first-order valence-corrected chi connectivity index (χ1v) is 8.22. The molecule has 1 heterocycles. The molecular formula is C16H24O3S. The van der Waals surface area contributed by atoms with Crippen LogP contribution in [0.15, 0.2) is 6.07 Å². The summed E-state index contributed by atoms with van der Waals surface area (Å²) in [5.74, 6) is 1.33. The van der Waals surface area contributed by atoms with Crippen LogP contribution in [-0.2, 0) is 0 Å². The van der Waals surface area contributed by atoms with Crippen LogP contribution in [0.3, 0.4) is 0 Å². The number of aromatic carboxylic acids is 1. The van der Waals surface area contributed by atoms with E-state index in [0.29, 0.717) is 28.4 Å². The van der Waals surface area contributed by atoms with Gasteiger partial charge < -0.3 is 9.84 Å². The lowest BCUT2D eigenvalue weighted by Gasteiger charge is -2.31. The first-order chi connectivity index (χ1) is 9.36. The lowest BCUT2D eigenvalue weighted by molar-refractivity contribution is 0.0683. The van der Waals surface area contributed by atoms with E-state index in [4.69, 9.17) is 4.74 Å². The SMILES string of the molecule is CC1CC(C)CC(Oc2cc(C(C)C)sc2C(=O)O)C1. The fourth-order valence-electron chi connectivity index (χ4n) is 3.06. The normalized spacial score (nSPS) is 26.8. The fourth-order valence-corrected chi connectivity index (χ4v) is 3.99. The summed E-state index contributed by atoms with van der Waals surface area (Å²) in [6, 6.07) is 1.92. The molecule has 0 radical (unpaired) electrons. The highest BCUT2D eigenvalue weighted by Gasteiger charge is 2.27. The van der Waals surface area contributed by atoms with Gasteiger partial charge in [-0.25, -0.2) is 4.79 Å². The molecule has 2 unspecified atom stereocenters. The molecular weight excluding hydrogens is 272 g/mol. The number of carboxylic acids is 1. The number of ether oxygens (including phenoxy) is 1. The first-order valence-electron chi connectivity index (χ1n) is 7.40. The van der Waals surface area contributed by atoms with Crippen molar-refractivity contribution in [2.75, 3.05) is 0 Å². The van der Waals surface area contributed by atoms with E-state index in [1.54, 1.807) is 0 Å². The third-order valence-corrected chi connectivity index (χ3v) is 5.31. The second kappa shape index (κ2) is 6.17. The van der Waals surface area contributed by atoms with Crippen molar-refractivity contribution in [1.82, 2.24) is 0 Å². The van der Waals surface area contributed by atoms with E-state index >= 15 is 0 Å². The van der Waals surface area contributed by atoms with Gasteiger partial charge in [0.2, 0.25) is 0 Å². The van der Waals surface area contributed by atoms with Crippen LogP contribution in [0.1, 0.15) is 67.4 Å². The molecule has 0 spiro atoms. The molecule has 0 aliphatic heterocycles. The summed E-state index contributed by atoms with van der Waals surface area (Å²) in [5, 5.41) is 9.32. The van der Waals surface area contributed by atoms with E-state index in [1.165, 1.54) is 17.8 Å². The van der Waals surface area contributed by atoms with E-state index in [1.807, 2.05) is 6.07 Å². The smallest absolute Gasteiger partial charge is 0.349 e. The van der Waals surface area contributed by atoms with Crippen LogP contribution in [0.5, 0.6) is 5.75 Å². The number of carbonyl (C=O) groups is 1. The summed E-state index contributed by atoms with van der Waals surface area (Å²) in [5.41, 5.74) is 0. The highest BCUT2D eigenvalue weighted by Crippen LogP contribution is 2.37. The van der Waals surface area contributed by atoms with Crippen molar-refractivity contribution in [1.29, 1.82) is 0 Å². The molecule has 0 aromatic carbocycles. The maximum atomic E-state index is 11.4. The Bertz CT molecular complexity index is 468. The molecule has 1 aliphatic carbocycles. The second-order valence-corrected chi connectivity index (χ2v) is 7.54. The standard InChI is InChI=1S/C16H24O3S/c1-9(2)14-8-13(15(20-14)16(17)18)19-12-6-10(3)5-11(4)7-12/h8-12H,5-7H2,1-4H3,(H,17,18). The maximum Gasteiger partial charge on any atom is 0.349 e. The molecule has 1 aliphatic rings. The molecule has 1 aromatic heterocycles. The van der Waals surface area contributed by atoms with Crippen molar-refractivity contribution < 1.29 is 14.6 Å². The summed E-state index contributed by atoms with van der Waals surface area (Å²) >= 11 is 1.34. The number of hydrogen-bond acceptors (Lipinski definition) is 3. The minimum Gasteiger partial charge on any atom is -0.489 e. The number of carboxylic acid groups (broad SMARTS) is 1. The Balaban J connectivity index is 2.17. The zero-order valence-corrected chi connectivity index (χ0v) is 13.5. The van der Waals surface area contributed by atoms with Crippen LogP contribution in [0.2, 0.25) is 0 Å². The molecule has 0 amide bonds. The van der Waals surface area contributed by atoms with Crippen LogP contribution in [0, 0.1) is 11.8 Å². The minimum atomic E-state index is -0.881. The van der Waals surface area contributed by atoms with Crippen molar-refractivity contribution in [2.24, 2.45) is 11.8 Å². The summed E-state index contributed by atoms with van der Waals surface area (Å²) in [7, 11) is 0. The summed E-state index contributed by atoms with van der Waals surface area (Å²) in [6.07, 6.45) is 3.44. The molecule has 3 nitrogen and oxygen atoms in total. The van der Waals surface area contributed by atoms with Crippen molar-refractivity contribution >= 4 is 17.3 Å². The van der Waals surface area contributed by atoms with Gasteiger partial charge in [-0.3, -0.25) is 0 Å². The second-order valence-electron chi connectivity index (χ2n) is 6.46. The lowest BCUT2D eigenvalue weighted by Crippen LogP contribution is -2.28. The zero-order chi connectivity index (χ0) is 14.9. The predicted octanol–water partition coefficient (Wildman–Crippen LogP) is 4.77. The third kappa shape index (κ3) is 3.54. The summed E-state index contributed by atoms with van der Waals surface area (Å²) in [6.45, 7) is 8.65. The van der Waals surface area contributed by atoms with Crippen LogP contribution in [-0.4, -0.2) is 17.2 Å². The first kappa shape index (κ1) is 15.4. The Morgan fingerprint density at radius 1 is 1.30 bits per heavy atom. The van der Waals surface area contributed by atoms with Crippen LogP contribution in [0.4, 0.5) is 0 Å². The molecule has 20 heavy (non-hydrogen) atoms. The van der Waals surface area contributed by atoms with Gasteiger partial charge in [0.15, 0.2) is 4.88 Å². The maximum absolute atomic E-state index is 11.4. The van der Waals surface area contributed by atoms with Gasteiger partial charge in [-0.1, -0.05) is 27.7 Å². The largest absolute Gasteiger partial charge is 0.489 e. The van der Waals surface area contributed by atoms with Crippen LogP contribution in [0.25, 0.3) is 0 Å². The van der Waals surface area contributed by atoms with Gasteiger partial charge in [0.1, 0.15) is 5.75 Å². The van der Waals surface area contributed by atoms with Gasteiger partial charge in [0.05, 0.1) is 6.10 Å². The topological polar surface area (TPSA) is 46.5 Å². The molecule has 1 fully saturated rings. The lowest BCUT2D eigenvalue weighted by atomic mass is 9.82. The van der Waals surface area contributed by atoms with Gasteiger partial charge >= 0.3 is 5.97 Å². The highest BCUT2D eigenvalue weighted by atomic mass is 32.1. The van der Waals surface area contributed by atoms with Gasteiger partial charge in [-0.15, -0.1) is 11.3 Å². The van der Waals surface area contributed by atoms with Crippen molar-refractivity contribution in [3.63, 3.8) is 0 Å². The Hall–Kier alpha value is -1.03. The molecule has 1 N–H and O–H groups in total. The molecule has 2 atom stereocenters. The summed E-state index contributed by atoms with van der Waals surface area (Å²) < 4.78 is 6.05. The third-order valence-electron chi connectivity index (χ3n) is 3.91. The van der Waals surface area contributed by atoms with Gasteiger partial charge in [-0.2, -0.15) is 0 Å². The molecule has 2 rings (SSSR count). The average Bonchev–Trinajstić information content (AvgIpc) is 2.71. The monoisotopic (exact) mass is 296 g/mol. The van der Waals surface area contributed by atoms with Crippen molar-refractivity contribution in [3.8, 4) is 5.75 Å². The predicted molar refractivity (Wildman–Crippen MR) is 82.0 cm³/mol. The Labute approximate surface area is 125 Å². The Kier molecular flexibility index (Phi) is 4.74. The minimum absolute atomic E-state index is 0.154. The summed E-state index contributed by atoms with van der Waals surface area (Å²) in [4.78, 5) is 12.8. The van der Waals surface area contributed by atoms with Crippen LogP contribution < -0.4 is 4.74 Å². The van der Waals surface area contributed by atoms with E-state index in [-0.39, 0.29) is 6.10 Å². The Morgan fingerprint density at radius 2 is 1.90 bits per heavy atom. The fraction of sp³-hybridized carbons (Fsp3) is 0.688. The van der Waals surface area contributed by atoms with Crippen LogP contribution >= 0.6 is 11.3 Å². The molecule has 1 saturated carbocycles. The molecule has 0 bridgehead atoms. The van der Waals surface area contributed by atoms with Gasteiger partial charge in [0.25, 0.3) is 0 Å². The molecule has 4 heteroatoms. The average molecular weight is 296 g/mol. The zero-order valence-electron chi connectivity index (χ0n) is 12.7. The van der Waals surface area contributed by atoms with Crippen molar-refractivity contribution in [3.05, 3.63) is 15.8 Å². The number of thiophene rings is 1. The molecule has 112 valence electrons. The number of hydrogen-bond donors (Lipinski definition) is 1. The van der Waals surface area contributed by atoms with E-state index in [2.05, 4.69) is 27.7 Å². The van der Waals surface area contributed by atoms with Gasteiger partial charge in [-0.05, 0) is 43.1 Å².